The highest BCUT2D eigenvalue weighted by molar-refractivity contribution is 7.40. The predicted molar refractivity (Wildman–Crippen MR) is 210 cm³/mol. The SMILES string of the molecule is [C-]#[N+]c1cc2c(cc1[N+]#[C-])C(=O)C(=Cc1cc3c(s1)-c1sc4c(sc5cc(C=C6C(=O)c7cc(C#N)c(C#N)cc7C6=O)sc54)c1C31CCCCC1)C2=O. The molecular weight excluding hydrogens is 753 g/mol. The van der Waals surface area contributed by atoms with E-state index in [9.17, 15) is 29.7 Å². The second-order valence-electron chi connectivity index (χ2n) is 13.7. The highest BCUT2D eigenvalue weighted by Gasteiger charge is 2.48. The van der Waals surface area contributed by atoms with Crippen LogP contribution in [0.15, 0.2) is 47.5 Å². The van der Waals surface area contributed by atoms with Crippen molar-refractivity contribution in [1.29, 1.82) is 10.5 Å². The highest BCUT2D eigenvalue weighted by atomic mass is 32.1. The zero-order valence-corrected chi connectivity index (χ0v) is 31.0. The van der Waals surface area contributed by atoms with Gasteiger partial charge in [0, 0.05) is 52.6 Å². The van der Waals surface area contributed by atoms with E-state index in [0.717, 1.165) is 56.1 Å². The summed E-state index contributed by atoms with van der Waals surface area (Å²) >= 11 is 6.60. The maximum Gasteiger partial charge on any atom is 0.197 e. The fourth-order valence-corrected chi connectivity index (χ4v) is 14.3. The van der Waals surface area contributed by atoms with Crippen molar-refractivity contribution < 1.29 is 19.2 Å². The van der Waals surface area contributed by atoms with Gasteiger partial charge in [-0.15, -0.1) is 45.3 Å². The van der Waals surface area contributed by atoms with Gasteiger partial charge in [0.25, 0.3) is 0 Å². The van der Waals surface area contributed by atoms with Gasteiger partial charge in [-0.2, -0.15) is 10.5 Å². The minimum Gasteiger partial charge on any atom is -0.288 e. The first-order valence-corrected chi connectivity index (χ1v) is 20.1. The number of rotatable bonds is 2. The molecule has 1 spiro atoms. The van der Waals surface area contributed by atoms with Crippen LogP contribution in [0.3, 0.4) is 0 Å². The molecule has 0 unspecified atom stereocenters. The van der Waals surface area contributed by atoms with Crippen LogP contribution in [0, 0.1) is 35.8 Å². The number of hydrogen-bond acceptors (Lipinski definition) is 10. The van der Waals surface area contributed by atoms with Crippen LogP contribution < -0.4 is 0 Å². The Bertz CT molecular complexity index is 3000. The molecule has 0 saturated heterocycles. The van der Waals surface area contributed by atoms with E-state index >= 15 is 0 Å². The van der Waals surface area contributed by atoms with E-state index in [1.165, 1.54) is 61.0 Å². The molecule has 4 heterocycles. The Balaban J connectivity index is 1.05. The van der Waals surface area contributed by atoms with Gasteiger partial charge in [0.05, 0.1) is 54.4 Å². The average molecular weight is 771 g/mol. The second kappa shape index (κ2) is 11.4. The molecule has 0 amide bonds. The van der Waals surface area contributed by atoms with Crippen LogP contribution >= 0.6 is 45.3 Å². The normalized spacial score (nSPS) is 16.3. The molecule has 0 bridgehead atoms. The van der Waals surface area contributed by atoms with E-state index in [2.05, 4.69) is 15.8 Å². The summed E-state index contributed by atoms with van der Waals surface area (Å²) in [5, 5.41) is 18.9. The summed E-state index contributed by atoms with van der Waals surface area (Å²) in [4.78, 5) is 64.4. The molecule has 12 heteroatoms. The molecule has 1 fully saturated rings. The van der Waals surface area contributed by atoms with Crippen LogP contribution in [-0.2, 0) is 5.41 Å². The average Bonchev–Trinajstić information content (AvgIpc) is 4.04. The zero-order valence-electron chi connectivity index (χ0n) is 27.7. The number of Topliss-reactive ketones (excluding diaryl/α,β-unsaturated/α-hetero) is 4. The van der Waals surface area contributed by atoms with Crippen LogP contribution in [0.2, 0.25) is 0 Å². The molecule has 0 aliphatic heterocycles. The third-order valence-electron chi connectivity index (χ3n) is 10.9. The summed E-state index contributed by atoms with van der Waals surface area (Å²) in [6.45, 7) is 14.8. The smallest absolute Gasteiger partial charge is 0.197 e. The van der Waals surface area contributed by atoms with Crippen molar-refractivity contribution in [2.45, 2.75) is 37.5 Å². The van der Waals surface area contributed by atoms with Gasteiger partial charge >= 0.3 is 0 Å². The van der Waals surface area contributed by atoms with Crippen molar-refractivity contribution in [3.8, 4) is 21.9 Å². The Labute approximate surface area is 322 Å². The van der Waals surface area contributed by atoms with Gasteiger partial charge in [0.1, 0.15) is 12.1 Å². The number of thiophene rings is 4. The van der Waals surface area contributed by atoms with Crippen molar-refractivity contribution in [2.24, 2.45) is 0 Å². The molecular formula is C42H18N4O4S4. The fraction of sp³-hybridized carbons (Fsp3) is 0.143. The van der Waals surface area contributed by atoms with Crippen LogP contribution in [0.4, 0.5) is 11.4 Å². The Kier molecular flexibility index (Phi) is 6.89. The van der Waals surface area contributed by atoms with Gasteiger partial charge in [-0.3, -0.25) is 28.9 Å². The number of carbonyl (C=O) groups is 4. The lowest BCUT2D eigenvalue weighted by atomic mass is 9.68. The van der Waals surface area contributed by atoms with E-state index in [4.69, 9.17) is 13.1 Å². The first-order valence-electron chi connectivity index (χ1n) is 16.9. The van der Waals surface area contributed by atoms with E-state index in [-0.39, 0.29) is 61.3 Å². The molecule has 4 aliphatic carbocycles. The first-order chi connectivity index (χ1) is 26.2. The molecule has 0 radical (unpaired) electrons. The van der Waals surface area contributed by atoms with Gasteiger partial charge in [0.2, 0.25) is 0 Å². The highest BCUT2D eigenvalue weighted by Crippen LogP contribution is 2.65. The van der Waals surface area contributed by atoms with Crippen LogP contribution in [-0.4, -0.2) is 23.1 Å². The number of carbonyl (C=O) groups excluding carboxylic acids is 4. The molecule has 0 N–H and O–H groups in total. The van der Waals surface area contributed by atoms with Gasteiger partial charge < -0.3 is 0 Å². The molecule has 6 aromatic rings. The summed E-state index contributed by atoms with van der Waals surface area (Å²) in [5.41, 5.74) is 3.39. The van der Waals surface area contributed by atoms with Crippen LogP contribution in [0.25, 0.3) is 50.4 Å². The molecule has 1 saturated carbocycles. The molecule has 0 atom stereocenters. The number of benzene rings is 2. The van der Waals surface area contributed by atoms with Crippen LogP contribution in [0.5, 0.6) is 0 Å². The summed E-state index contributed by atoms with van der Waals surface area (Å²) in [7, 11) is 0. The van der Waals surface area contributed by atoms with Crippen molar-refractivity contribution >= 4 is 111 Å². The predicted octanol–water partition coefficient (Wildman–Crippen LogP) is 11.2. The summed E-state index contributed by atoms with van der Waals surface area (Å²) in [6.07, 6.45) is 8.66. The zero-order chi connectivity index (χ0) is 37.2. The van der Waals surface area contributed by atoms with Crippen molar-refractivity contribution in [1.82, 2.24) is 0 Å². The molecule has 10 rings (SSSR count). The number of hydrogen-bond donors (Lipinski definition) is 0. The number of allylic oxidation sites excluding steroid dienone is 2. The van der Waals surface area contributed by atoms with Gasteiger partial charge in [-0.1, -0.05) is 31.4 Å². The maximum atomic E-state index is 13.5. The second-order valence-corrected chi connectivity index (χ2v) is 17.9. The lowest BCUT2D eigenvalue weighted by molar-refractivity contribution is 0.0975. The molecule has 4 aromatic heterocycles. The molecule has 254 valence electrons. The summed E-state index contributed by atoms with van der Waals surface area (Å²) in [5.74, 6) is -1.75. The van der Waals surface area contributed by atoms with Gasteiger partial charge in [-0.25, -0.2) is 0 Å². The van der Waals surface area contributed by atoms with Crippen LogP contribution in [0.1, 0.15) is 106 Å². The van der Waals surface area contributed by atoms with E-state index in [1.54, 1.807) is 46.2 Å². The van der Waals surface area contributed by atoms with E-state index in [1.807, 2.05) is 18.2 Å². The lowest BCUT2D eigenvalue weighted by Crippen LogP contribution is -2.27. The third-order valence-corrected chi connectivity index (χ3v) is 16.0. The molecule has 2 aromatic carbocycles. The summed E-state index contributed by atoms with van der Waals surface area (Å²) < 4.78 is 4.61. The fourth-order valence-electron chi connectivity index (χ4n) is 8.50. The minimum atomic E-state index is -0.450. The van der Waals surface area contributed by atoms with Crippen molar-refractivity contribution in [3.63, 3.8) is 0 Å². The quantitative estimate of drug-likeness (QED) is 0.0980. The minimum absolute atomic E-state index is 0.0230. The van der Waals surface area contributed by atoms with Crippen molar-refractivity contribution in [2.75, 3.05) is 0 Å². The number of ketones is 4. The van der Waals surface area contributed by atoms with E-state index < -0.39 is 23.1 Å². The van der Waals surface area contributed by atoms with Crippen molar-refractivity contribution in [3.05, 3.63) is 125 Å². The lowest BCUT2D eigenvalue weighted by Gasteiger charge is -2.35. The molecule has 54 heavy (non-hydrogen) atoms. The van der Waals surface area contributed by atoms with E-state index in [0.29, 0.717) is 0 Å². The number of nitriles is 2. The topological polar surface area (TPSA) is 125 Å². The Morgan fingerprint density at radius 3 is 1.69 bits per heavy atom. The molecule has 4 aliphatic rings. The van der Waals surface area contributed by atoms with Gasteiger partial charge in [0.15, 0.2) is 34.5 Å². The molecule has 8 nitrogen and oxygen atoms in total. The third kappa shape index (κ3) is 4.23. The summed E-state index contributed by atoms with van der Waals surface area (Å²) in [6, 6.07) is 13.4. The maximum absolute atomic E-state index is 13.5. The standard InChI is InChI=1S/C42H18N4O4S4/c1-45-29-14-24-25(15-30(29)46-2)36(50)26(35(24)49)10-20-12-28-37(51-20)39-32(42(28)6-4-3-5-7-42)40-41(54-39)38-31(53-40)13-21(52-38)11-27-33(47)22-8-18(16-43)19(17-44)9-23(22)34(27)48/h8-15H,3-7H2. The Morgan fingerprint density at radius 1 is 0.611 bits per heavy atom. The number of fused-ring (bicyclic) bond motifs is 11. The monoisotopic (exact) mass is 770 g/mol. The Morgan fingerprint density at radius 2 is 1.15 bits per heavy atom. The first kappa shape index (κ1) is 32.5. The largest absolute Gasteiger partial charge is 0.288 e. The van der Waals surface area contributed by atoms with Gasteiger partial charge in [-0.05, 0) is 54.8 Å². The number of nitrogens with zero attached hydrogens (tertiary/aromatic N) is 4. The Hall–Kier alpha value is -6.12.